The van der Waals surface area contributed by atoms with E-state index in [0.717, 1.165) is 42.9 Å². The molecule has 0 atom stereocenters. The smallest absolute Gasteiger partial charge is 0.144 e. The monoisotopic (exact) mass is 264 g/mol. The molecule has 0 saturated heterocycles. The van der Waals surface area contributed by atoms with Gasteiger partial charge >= 0.3 is 0 Å². The molecule has 0 fully saturated rings. The molecule has 1 aromatic heterocycles. The predicted octanol–water partition coefficient (Wildman–Crippen LogP) is 3.08. The van der Waals surface area contributed by atoms with Crippen molar-refractivity contribution in [3.8, 4) is 0 Å². The summed E-state index contributed by atoms with van der Waals surface area (Å²) in [6.45, 7) is 11.8. The number of hydrogen-bond acceptors (Lipinski definition) is 4. The van der Waals surface area contributed by atoms with Gasteiger partial charge in [-0.05, 0) is 19.4 Å². The van der Waals surface area contributed by atoms with E-state index in [4.69, 9.17) is 0 Å². The Bertz CT molecular complexity index is 374. The highest BCUT2D eigenvalue weighted by molar-refractivity contribution is 5.34. The quantitative estimate of drug-likeness (QED) is 0.783. The Kier molecular flexibility index (Phi) is 6.78. The highest BCUT2D eigenvalue weighted by Crippen LogP contribution is 2.12. The molecule has 108 valence electrons. The first-order chi connectivity index (χ1) is 9.12. The zero-order valence-electron chi connectivity index (χ0n) is 13.0. The van der Waals surface area contributed by atoms with Gasteiger partial charge in [-0.25, -0.2) is 9.97 Å². The fraction of sp³-hybridized carbons (Fsp3) is 0.733. The van der Waals surface area contributed by atoms with Crippen LogP contribution in [0.25, 0.3) is 0 Å². The van der Waals surface area contributed by atoms with Crippen molar-refractivity contribution in [3.63, 3.8) is 0 Å². The first kappa shape index (κ1) is 15.9. The van der Waals surface area contributed by atoms with E-state index in [2.05, 4.69) is 41.0 Å². The van der Waals surface area contributed by atoms with Gasteiger partial charge in [-0.1, -0.05) is 33.6 Å². The second-order valence-corrected chi connectivity index (χ2v) is 5.07. The summed E-state index contributed by atoms with van der Waals surface area (Å²) in [6.07, 6.45) is 2.48. The third kappa shape index (κ3) is 5.15. The molecule has 0 radical (unpaired) electrons. The van der Waals surface area contributed by atoms with Gasteiger partial charge in [0.05, 0.1) is 6.54 Å². The fourth-order valence-electron chi connectivity index (χ4n) is 2.25. The van der Waals surface area contributed by atoms with Crippen molar-refractivity contribution in [2.75, 3.05) is 25.5 Å². The third-order valence-corrected chi connectivity index (χ3v) is 3.64. The lowest BCUT2D eigenvalue weighted by Crippen LogP contribution is -2.29. The number of nitrogens with one attached hydrogen (secondary N) is 1. The first-order valence-corrected chi connectivity index (χ1v) is 7.37. The Morgan fingerprint density at radius 2 is 1.89 bits per heavy atom. The van der Waals surface area contributed by atoms with E-state index in [1.165, 1.54) is 12.8 Å². The summed E-state index contributed by atoms with van der Waals surface area (Å²) in [4.78, 5) is 11.5. The molecule has 19 heavy (non-hydrogen) atoms. The van der Waals surface area contributed by atoms with Crippen molar-refractivity contribution >= 4 is 5.82 Å². The Hall–Kier alpha value is -1.16. The molecule has 0 aliphatic rings. The lowest BCUT2D eigenvalue weighted by Gasteiger charge is -2.24. The Morgan fingerprint density at radius 1 is 1.21 bits per heavy atom. The second kappa shape index (κ2) is 8.10. The lowest BCUT2D eigenvalue weighted by molar-refractivity contribution is 0.221. The van der Waals surface area contributed by atoms with Crippen LogP contribution in [0, 0.1) is 12.8 Å². The summed E-state index contributed by atoms with van der Waals surface area (Å²) in [7, 11) is 1.90. The van der Waals surface area contributed by atoms with E-state index >= 15 is 0 Å². The van der Waals surface area contributed by atoms with Crippen LogP contribution in [0.1, 0.15) is 45.1 Å². The van der Waals surface area contributed by atoms with Crippen molar-refractivity contribution in [1.82, 2.24) is 14.9 Å². The first-order valence-electron chi connectivity index (χ1n) is 7.37. The van der Waals surface area contributed by atoms with Crippen LogP contribution >= 0.6 is 0 Å². The summed E-state index contributed by atoms with van der Waals surface area (Å²) in [5.41, 5.74) is 1.02. The van der Waals surface area contributed by atoms with Gasteiger partial charge in [0.25, 0.3) is 0 Å². The van der Waals surface area contributed by atoms with Gasteiger partial charge in [0.1, 0.15) is 11.6 Å². The highest BCUT2D eigenvalue weighted by Gasteiger charge is 2.12. The normalized spacial score (nSPS) is 11.3. The SMILES string of the molecule is CCC(CC)CN(CC)Cc1nc(C)cc(NC)n1. The maximum Gasteiger partial charge on any atom is 0.144 e. The summed E-state index contributed by atoms with van der Waals surface area (Å²) < 4.78 is 0. The van der Waals surface area contributed by atoms with E-state index in [0.29, 0.717) is 0 Å². The topological polar surface area (TPSA) is 41.1 Å². The Labute approximate surface area is 117 Å². The number of aromatic nitrogens is 2. The lowest BCUT2D eigenvalue weighted by atomic mass is 10.0. The van der Waals surface area contributed by atoms with Crippen LogP contribution in [0.4, 0.5) is 5.82 Å². The maximum atomic E-state index is 4.54. The highest BCUT2D eigenvalue weighted by atomic mass is 15.2. The summed E-state index contributed by atoms with van der Waals surface area (Å²) in [5.74, 6) is 2.59. The fourth-order valence-corrected chi connectivity index (χ4v) is 2.25. The number of rotatable bonds is 8. The van der Waals surface area contributed by atoms with Crippen molar-refractivity contribution < 1.29 is 0 Å². The number of aryl methyl sites for hydroxylation is 1. The molecule has 0 saturated carbocycles. The Balaban J connectivity index is 2.72. The number of anilines is 1. The van der Waals surface area contributed by atoms with Crippen molar-refractivity contribution in [1.29, 1.82) is 0 Å². The van der Waals surface area contributed by atoms with Crippen molar-refractivity contribution in [3.05, 3.63) is 17.6 Å². The zero-order chi connectivity index (χ0) is 14.3. The molecule has 0 aromatic carbocycles. The predicted molar refractivity (Wildman–Crippen MR) is 81.3 cm³/mol. The molecule has 1 aromatic rings. The van der Waals surface area contributed by atoms with Gasteiger partial charge in [-0.3, -0.25) is 4.90 Å². The maximum absolute atomic E-state index is 4.54. The van der Waals surface area contributed by atoms with Gasteiger partial charge < -0.3 is 5.32 Å². The molecule has 1 heterocycles. The van der Waals surface area contributed by atoms with E-state index in [1.54, 1.807) is 0 Å². The van der Waals surface area contributed by atoms with Gasteiger partial charge in [-0.15, -0.1) is 0 Å². The van der Waals surface area contributed by atoms with Crippen LogP contribution in [-0.2, 0) is 6.54 Å². The molecule has 0 unspecified atom stereocenters. The van der Waals surface area contributed by atoms with Crippen LogP contribution in [0.15, 0.2) is 6.07 Å². The molecule has 4 nitrogen and oxygen atoms in total. The molecule has 4 heteroatoms. The summed E-state index contributed by atoms with van der Waals surface area (Å²) >= 11 is 0. The number of nitrogens with zero attached hydrogens (tertiary/aromatic N) is 3. The van der Waals surface area contributed by atoms with Crippen LogP contribution in [0.5, 0.6) is 0 Å². The zero-order valence-corrected chi connectivity index (χ0v) is 13.0. The van der Waals surface area contributed by atoms with Crippen LogP contribution in [-0.4, -0.2) is 35.0 Å². The minimum atomic E-state index is 0.772. The largest absolute Gasteiger partial charge is 0.373 e. The molecular formula is C15H28N4. The molecule has 0 spiro atoms. The average Bonchev–Trinajstić information content (AvgIpc) is 2.42. The van der Waals surface area contributed by atoms with E-state index in [1.807, 2.05) is 20.0 Å². The van der Waals surface area contributed by atoms with Crippen molar-refractivity contribution in [2.24, 2.45) is 5.92 Å². The molecule has 0 aliphatic heterocycles. The van der Waals surface area contributed by atoms with Gasteiger partial charge in [-0.2, -0.15) is 0 Å². The average molecular weight is 264 g/mol. The second-order valence-electron chi connectivity index (χ2n) is 5.07. The third-order valence-electron chi connectivity index (χ3n) is 3.64. The van der Waals surface area contributed by atoms with Gasteiger partial charge in [0.2, 0.25) is 0 Å². The molecule has 1 rings (SSSR count). The minimum Gasteiger partial charge on any atom is -0.373 e. The molecule has 0 bridgehead atoms. The van der Waals surface area contributed by atoms with Crippen molar-refractivity contribution in [2.45, 2.75) is 47.1 Å². The van der Waals surface area contributed by atoms with Crippen LogP contribution < -0.4 is 5.32 Å². The molecule has 0 amide bonds. The standard InChI is InChI=1S/C15H28N4/c1-6-13(7-2)10-19(8-3)11-15-17-12(4)9-14(16-5)18-15/h9,13H,6-8,10-11H2,1-5H3,(H,16,17,18). The molecular weight excluding hydrogens is 236 g/mol. The van der Waals surface area contributed by atoms with Crippen LogP contribution in [0.2, 0.25) is 0 Å². The minimum absolute atomic E-state index is 0.772. The molecule has 0 aliphatic carbocycles. The van der Waals surface area contributed by atoms with E-state index in [9.17, 15) is 0 Å². The van der Waals surface area contributed by atoms with Crippen LogP contribution in [0.3, 0.4) is 0 Å². The Morgan fingerprint density at radius 3 is 2.42 bits per heavy atom. The summed E-state index contributed by atoms with van der Waals surface area (Å²) in [6, 6.07) is 1.97. The van der Waals surface area contributed by atoms with E-state index in [-0.39, 0.29) is 0 Å². The number of hydrogen-bond donors (Lipinski definition) is 1. The van der Waals surface area contributed by atoms with E-state index < -0.39 is 0 Å². The van der Waals surface area contributed by atoms with Gasteiger partial charge in [0, 0.05) is 25.4 Å². The summed E-state index contributed by atoms with van der Waals surface area (Å²) in [5, 5.41) is 3.09. The molecule has 1 N–H and O–H groups in total. The van der Waals surface area contributed by atoms with Gasteiger partial charge in [0.15, 0.2) is 0 Å².